The molecule has 0 aromatic carbocycles. The number of likely N-dealkylation sites (tertiary alicyclic amines) is 1. The summed E-state index contributed by atoms with van der Waals surface area (Å²) in [6.07, 6.45) is 8.07. The second-order valence-electron chi connectivity index (χ2n) is 5.89. The molecule has 1 aliphatic heterocycles. The SMILES string of the molecule is CC(C)N1CCC(Cc2ncc(CCCN)s2)CC1. The van der Waals surface area contributed by atoms with Crippen molar-refractivity contribution in [1.82, 2.24) is 9.88 Å². The van der Waals surface area contributed by atoms with Crippen molar-refractivity contribution in [3.63, 3.8) is 0 Å². The van der Waals surface area contributed by atoms with Crippen molar-refractivity contribution < 1.29 is 0 Å². The van der Waals surface area contributed by atoms with E-state index in [1.54, 1.807) is 0 Å². The number of piperidine rings is 1. The van der Waals surface area contributed by atoms with E-state index < -0.39 is 0 Å². The molecule has 108 valence electrons. The lowest BCUT2D eigenvalue weighted by Crippen LogP contribution is -2.38. The van der Waals surface area contributed by atoms with Gasteiger partial charge in [0.2, 0.25) is 0 Å². The van der Waals surface area contributed by atoms with Gasteiger partial charge >= 0.3 is 0 Å². The first kappa shape index (κ1) is 14.9. The van der Waals surface area contributed by atoms with Gasteiger partial charge in [-0.2, -0.15) is 0 Å². The Balaban J connectivity index is 1.77. The number of hydrogen-bond donors (Lipinski definition) is 1. The molecule has 1 aromatic heterocycles. The number of nitrogens with two attached hydrogens (primary N) is 1. The fourth-order valence-electron chi connectivity index (χ4n) is 2.75. The van der Waals surface area contributed by atoms with Crippen LogP contribution in [0, 0.1) is 5.92 Å². The smallest absolute Gasteiger partial charge is 0.0930 e. The Morgan fingerprint density at radius 2 is 2.16 bits per heavy atom. The molecule has 2 N–H and O–H groups in total. The zero-order valence-corrected chi connectivity index (χ0v) is 13.1. The Kier molecular flexibility index (Phi) is 5.79. The van der Waals surface area contributed by atoms with Crippen LogP contribution in [-0.4, -0.2) is 35.6 Å². The average Bonchev–Trinajstić information content (AvgIpc) is 2.84. The third kappa shape index (κ3) is 4.55. The molecule has 19 heavy (non-hydrogen) atoms. The third-order valence-corrected chi connectivity index (χ3v) is 5.15. The first-order valence-electron chi connectivity index (χ1n) is 7.56. The van der Waals surface area contributed by atoms with Crippen LogP contribution in [-0.2, 0) is 12.8 Å². The van der Waals surface area contributed by atoms with Gasteiger partial charge < -0.3 is 10.6 Å². The van der Waals surface area contributed by atoms with E-state index in [0.717, 1.165) is 25.3 Å². The summed E-state index contributed by atoms with van der Waals surface area (Å²) in [6, 6.07) is 0.698. The minimum absolute atomic E-state index is 0.698. The normalized spacial score (nSPS) is 18.3. The van der Waals surface area contributed by atoms with Gasteiger partial charge in [0.05, 0.1) is 5.01 Å². The molecule has 1 aliphatic rings. The van der Waals surface area contributed by atoms with Gasteiger partial charge in [-0.25, -0.2) is 4.98 Å². The topological polar surface area (TPSA) is 42.2 Å². The van der Waals surface area contributed by atoms with E-state index in [1.165, 1.54) is 42.2 Å². The molecule has 0 unspecified atom stereocenters. The minimum atomic E-state index is 0.698. The highest BCUT2D eigenvalue weighted by molar-refractivity contribution is 7.11. The van der Waals surface area contributed by atoms with Crippen LogP contribution >= 0.6 is 11.3 Å². The summed E-state index contributed by atoms with van der Waals surface area (Å²) in [5, 5.41) is 1.33. The van der Waals surface area contributed by atoms with E-state index in [-0.39, 0.29) is 0 Å². The molecule has 0 amide bonds. The van der Waals surface area contributed by atoms with Crippen molar-refractivity contribution in [2.45, 2.75) is 52.0 Å². The van der Waals surface area contributed by atoms with Crippen LogP contribution in [0.15, 0.2) is 6.20 Å². The summed E-state index contributed by atoms with van der Waals surface area (Å²) in [4.78, 5) is 8.57. The summed E-state index contributed by atoms with van der Waals surface area (Å²) in [7, 11) is 0. The molecular formula is C15H27N3S. The molecule has 0 bridgehead atoms. The summed E-state index contributed by atoms with van der Waals surface area (Å²) >= 11 is 1.89. The summed E-state index contributed by atoms with van der Waals surface area (Å²) < 4.78 is 0. The largest absolute Gasteiger partial charge is 0.330 e. The van der Waals surface area contributed by atoms with Gasteiger partial charge in [-0.15, -0.1) is 11.3 Å². The van der Waals surface area contributed by atoms with Crippen molar-refractivity contribution in [1.29, 1.82) is 0 Å². The van der Waals surface area contributed by atoms with Crippen molar-refractivity contribution >= 4 is 11.3 Å². The lowest BCUT2D eigenvalue weighted by atomic mass is 9.93. The summed E-state index contributed by atoms with van der Waals surface area (Å²) in [5.74, 6) is 0.837. The third-order valence-electron chi connectivity index (χ3n) is 4.07. The Bertz CT molecular complexity index is 367. The number of aryl methyl sites for hydroxylation is 1. The molecule has 0 radical (unpaired) electrons. The van der Waals surface area contributed by atoms with Gasteiger partial charge in [0, 0.05) is 23.5 Å². The Morgan fingerprint density at radius 3 is 2.79 bits per heavy atom. The second kappa shape index (κ2) is 7.36. The molecule has 0 saturated carbocycles. The van der Waals surface area contributed by atoms with Crippen molar-refractivity contribution in [2.75, 3.05) is 19.6 Å². The molecular weight excluding hydrogens is 254 g/mol. The molecule has 1 aromatic rings. The van der Waals surface area contributed by atoms with E-state index in [2.05, 4.69) is 29.9 Å². The maximum Gasteiger partial charge on any atom is 0.0930 e. The number of thiazole rings is 1. The van der Waals surface area contributed by atoms with E-state index in [1.807, 2.05) is 11.3 Å². The highest BCUT2D eigenvalue weighted by atomic mass is 32.1. The predicted molar refractivity (Wildman–Crippen MR) is 82.6 cm³/mol. The lowest BCUT2D eigenvalue weighted by Gasteiger charge is -2.34. The van der Waals surface area contributed by atoms with Crippen molar-refractivity contribution in [3.8, 4) is 0 Å². The highest BCUT2D eigenvalue weighted by Crippen LogP contribution is 2.25. The van der Waals surface area contributed by atoms with Gasteiger partial charge in [0.1, 0.15) is 0 Å². The predicted octanol–water partition coefficient (Wildman–Crippen LogP) is 2.70. The van der Waals surface area contributed by atoms with Crippen LogP contribution < -0.4 is 5.73 Å². The summed E-state index contributed by atoms with van der Waals surface area (Å²) in [6.45, 7) is 7.89. The zero-order chi connectivity index (χ0) is 13.7. The first-order chi connectivity index (χ1) is 9.19. The Morgan fingerprint density at radius 1 is 1.42 bits per heavy atom. The van der Waals surface area contributed by atoms with Crippen LogP contribution in [0.2, 0.25) is 0 Å². The van der Waals surface area contributed by atoms with E-state index >= 15 is 0 Å². The molecule has 4 heteroatoms. The van der Waals surface area contributed by atoms with Crippen molar-refractivity contribution in [3.05, 3.63) is 16.1 Å². The first-order valence-corrected chi connectivity index (χ1v) is 8.38. The van der Waals surface area contributed by atoms with Crippen LogP contribution in [0.4, 0.5) is 0 Å². The number of hydrogen-bond acceptors (Lipinski definition) is 4. The van der Waals surface area contributed by atoms with Gasteiger partial charge in [-0.05, 0) is 65.1 Å². The molecule has 0 spiro atoms. The van der Waals surface area contributed by atoms with Gasteiger partial charge in [-0.1, -0.05) is 0 Å². The van der Waals surface area contributed by atoms with Crippen LogP contribution in [0.5, 0.6) is 0 Å². The monoisotopic (exact) mass is 281 g/mol. The molecule has 0 aliphatic carbocycles. The van der Waals surface area contributed by atoms with Gasteiger partial charge in [0.25, 0.3) is 0 Å². The fraction of sp³-hybridized carbons (Fsp3) is 0.800. The Labute approximate surface area is 121 Å². The Hall–Kier alpha value is -0.450. The van der Waals surface area contributed by atoms with Crippen LogP contribution in [0.1, 0.15) is 43.0 Å². The molecule has 3 nitrogen and oxygen atoms in total. The van der Waals surface area contributed by atoms with E-state index in [0.29, 0.717) is 6.04 Å². The maximum absolute atomic E-state index is 5.55. The van der Waals surface area contributed by atoms with Gasteiger partial charge in [-0.3, -0.25) is 0 Å². The van der Waals surface area contributed by atoms with E-state index in [9.17, 15) is 0 Å². The van der Waals surface area contributed by atoms with Crippen LogP contribution in [0.3, 0.4) is 0 Å². The molecule has 2 rings (SSSR count). The highest BCUT2D eigenvalue weighted by Gasteiger charge is 2.21. The van der Waals surface area contributed by atoms with Crippen LogP contribution in [0.25, 0.3) is 0 Å². The number of rotatable bonds is 6. The zero-order valence-electron chi connectivity index (χ0n) is 12.3. The average molecular weight is 281 g/mol. The lowest BCUT2D eigenvalue weighted by molar-refractivity contribution is 0.149. The van der Waals surface area contributed by atoms with Crippen molar-refractivity contribution in [2.24, 2.45) is 11.7 Å². The quantitative estimate of drug-likeness (QED) is 0.872. The standard InChI is InChI=1S/C15H27N3S/c1-12(2)18-8-5-13(6-9-18)10-15-17-11-14(19-15)4-3-7-16/h11-13H,3-10,16H2,1-2H3. The maximum atomic E-state index is 5.55. The molecule has 2 heterocycles. The summed E-state index contributed by atoms with van der Waals surface area (Å²) in [5.41, 5.74) is 5.55. The fourth-order valence-corrected chi connectivity index (χ4v) is 3.83. The molecule has 1 fully saturated rings. The molecule has 0 atom stereocenters. The minimum Gasteiger partial charge on any atom is -0.330 e. The molecule has 1 saturated heterocycles. The second-order valence-corrected chi connectivity index (χ2v) is 7.09. The van der Waals surface area contributed by atoms with Gasteiger partial charge in [0.15, 0.2) is 0 Å². The number of nitrogens with zero attached hydrogens (tertiary/aromatic N) is 2. The number of aromatic nitrogens is 1. The van der Waals surface area contributed by atoms with E-state index in [4.69, 9.17) is 5.73 Å².